The Morgan fingerprint density at radius 2 is 1.79 bits per heavy atom. The molecule has 2 fully saturated rings. The summed E-state index contributed by atoms with van der Waals surface area (Å²) < 4.78 is 47.1. The standard InChI is InChI=1S/C32H45N3O7S/c1-5-6-20-41-29-9-7-8-26(21-29)25-12-16-28(17-13-25)42-23-31-30(18-19-34(31)32(36)37)35(43(38,39)33(2)3)22-24-10-14-27(40-4)15-11-24/h5,7-11,14-15,21,25,28,30-31H,1,6,12-13,16-20,22-23H2,2-4H3,(H,36,37)/t25?,28?,30-,31-/m0/s1. The molecule has 0 radical (unpaired) electrons. The summed E-state index contributed by atoms with van der Waals surface area (Å²) in [4.78, 5) is 13.6. The van der Waals surface area contributed by atoms with Gasteiger partial charge in [-0.2, -0.15) is 17.0 Å². The van der Waals surface area contributed by atoms with Crippen LogP contribution in [0, 0.1) is 0 Å². The number of hydrogen-bond donors (Lipinski definition) is 1. The second kappa shape index (κ2) is 15.1. The second-order valence-corrected chi connectivity index (χ2v) is 13.5. The van der Waals surface area contributed by atoms with Crippen LogP contribution in [0.4, 0.5) is 4.79 Å². The average molecular weight is 616 g/mol. The SMILES string of the molecule is C=CCCOc1cccc(C2CCC(OC[C@H]3[C@@H](N(Cc4ccc(OC)cc4)S(=O)(=O)N(C)C)CCN3C(=O)O)CC2)c1. The van der Waals surface area contributed by atoms with Gasteiger partial charge in [0.25, 0.3) is 10.2 Å². The van der Waals surface area contributed by atoms with Crippen molar-refractivity contribution >= 4 is 16.3 Å². The van der Waals surface area contributed by atoms with Gasteiger partial charge in [0.15, 0.2) is 0 Å². The molecule has 1 amide bonds. The molecule has 1 saturated heterocycles. The highest BCUT2D eigenvalue weighted by Gasteiger charge is 2.45. The molecule has 10 nitrogen and oxygen atoms in total. The first-order chi connectivity index (χ1) is 20.6. The van der Waals surface area contributed by atoms with E-state index in [9.17, 15) is 18.3 Å². The van der Waals surface area contributed by atoms with Gasteiger partial charge >= 0.3 is 6.09 Å². The number of carbonyl (C=O) groups is 1. The minimum Gasteiger partial charge on any atom is -0.497 e. The Morgan fingerprint density at radius 3 is 2.42 bits per heavy atom. The van der Waals surface area contributed by atoms with Gasteiger partial charge in [-0.05, 0) is 79.8 Å². The molecular weight excluding hydrogens is 570 g/mol. The molecule has 2 aromatic rings. The monoisotopic (exact) mass is 615 g/mol. The van der Waals surface area contributed by atoms with Crippen molar-refractivity contribution in [1.82, 2.24) is 13.5 Å². The molecule has 0 aromatic heterocycles. The number of likely N-dealkylation sites (tertiary alicyclic amines) is 1. The number of amides is 1. The van der Waals surface area contributed by atoms with Crippen LogP contribution in [0.3, 0.4) is 0 Å². The first-order valence-electron chi connectivity index (χ1n) is 14.9. The second-order valence-electron chi connectivity index (χ2n) is 11.4. The summed E-state index contributed by atoms with van der Waals surface area (Å²) in [6.07, 6.45) is 5.56. The Kier molecular flexibility index (Phi) is 11.5. The minimum atomic E-state index is -3.87. The lowest BCUT2D eigenvalue weighted by Gasteiger charge is -2.36. The van der Waals surface area contributed by atoms with Crippen molar-refractivity contribution in [3.05, 3.63) is 72.3 Å². The van der Waals surface area contributed by atoms with Crippen LogP contribution >= 0.6 is 0 Å². The van der Waals surface area contributed by atoms with Crippen molar-refractivity contribution in [3.8, 4) is 11.5 Å². The largest absolute Gasteiger partial charge is 0.497 e. The molecule has 2 aromatic carbocycles. The van der Waals surface area contributed by atoms with E-state index >= 15 is 0 Å². The highest BCUT2D eigenvalue weighted by atomic mass is 32.2. The van der Waals surface area contributed by atoms with Crippen LogP contribution in [-0.2, 0) is 21.5 Å². The maximum atomic E-state index is 13.5. The first kappa shape index (κ1) is 32.8. The van der Waals surface area contributed by atoms with Crippen LogP contribution in [0.1, 0.15) is 55.6 Å². The Hall–Kier alpha value is -3.12. The Morgan fingerprint density at radius 1 is 1.07 bits per heavy atom. The van der Waals surface area contributed by atoms with Crippen molar-refractivity contribution in [2.75, 3.05) is 41.0 Å². The number of carboxylic acid groups (broad SMARTS) is 1. The van der Waals surface area contributed by atoms with Crippen molar-refractivity contribution in [2.45, 2.75) is 69.2 Å². The fourth-order valence-electron chi connectivity index (χ4n) is 6.02. The zero-order valence-corrected chi connectivity index (χ0v) is 26.2. The van der Waals surface area contributed by atoms with Crippen molar-refractivity contribution in [2.24, 2.45) is 0 Å². The van der Waals surface area contributed by atoms with Gasteiger partial charge in [0.2, 0.25) is 0 Å². The zero-order chi connectivity index (χ0) is 31.0. The van der Waals surface area contributed by atoms with Gasteiger partial charge < -0.3 is 24.2 Å². The highest BCUT2D eigenvalue weighted by Crippen LogP contribution is 2.36. The smallest absolute Gasteiger partial charge is 0.407 e. The zero-order valence-electron chi connectivity index (χ0n) is 25.4. The lowest BCUT2D eigenvalue weighted by molar-refractivity contribution is -0.00988. The predicted molar refractivity (Wildman–Crippen MR) is 166 cm³/mol. The molecule has 236 valence electrons. The maximum absolute atomic E-state index is 13.5. The van der Waals surface area contributed by atoms with E-state index in [2.05, 4.69) is 18.7 Å². The molecule has 0 bridgehead atoms. The third-order valence-electron chi connectivity index (χ3n) is 8.48. The summed E-state index contributed by atoms with van der Waals surface area (Å²) in [7, 11) is 0.698. The van der Waals surface area contributed by atoms with E-state index in [1.165, 1.54) is 33.2 Å². The number of rotatable bonds is 14. The molecule has 11 heteroatoms. The topological polar surface area (TPSA) is 109 Å². The molecule has 2 aliphatic rings. The molecule has 2 atom stereocenters. The molecule has 0 unspecified atom stereocenters. The summed E-state index contributed by atoms with van der Waals surface area (Å²) in [5.41, 5.74) is 2.04. The van der Waals surface area contributed by atoms with E-state index in [4.69, 9.17) is 14.2 Å². The van der Waals surface area contributed by atoms with E-state index in [0.717, 1.165) is 43.4 Å². The van der Waals surface area contributed by atoms with Crippen LogP contribution in [-0.4, -0.2) is 92.3 Å². The Balaban J connectivity index is 1.43. The lowest BCUT2D eigenvalue weighted by atomic mass is 9.82. The normalized spacial score (nSPS) is 22.6. The summed E-state index contributed by atoms with van der Waals surface area (Å²) >= 11 is 0. The molecule has 1 aliphatic carbocycles. The van der Waals surface area contributed by atoms with Crippen LogP contribution in [0.5, 0.6) is 11.5 Å². The lowest BCUT2D eigenvalue weighted by Crippen LogP contribution is -2.53. The van der Waals surface area contributed by atoms with E-state index in [0.29, 0.717) is 24.7 Å². The summed E-state index contributed by atoms with van der Waals surface area (Å²) in [6.45, 7) is 4.84. The van der Waals surface area contributed by atoms with Crippen molar-refractivity contribution < 1.29 is 32.5 Å². The Bertz CT molecular complexity index is 1310. The van der Waals surface area contributed by atoms with E-state index in [1.807, 2.05) is 30.3 Å². The van der Waals surface area contributed by atoms with Gasteiger partial charge in [-0.1, -0.05) is 30.3 Å². The highest BCUT2D eigenvalue weighted by molar-refractivity contribution is 7.86. The molecule has 0 spiro atoms. The van der Waals surface area contributed by atoms with E-state index in [-0.39, 0.29) is 25.8 Å². The van der Waals surface area contributed by atoms with Crippen LogP contribution < -0.4 is 9.47 Å². The number of nitrogens with zero attached hydrogens (tertiary/aromatic N) is 3. The molecule has 1 saturated carbocycles. The molecule has 1 N–H and O–H groups in total. The predicted octanol–water partition coefficient (Wildman–Crippen LogP) is 5.12. The van der Waals surface area contributed by atoms with Gasteiger partial charge in [-0.25, -0.2) is 4.79 Å². The number of methoxy groups -OCH3 is 1. The number of ether oxygens (including phenoxy) is 3. The minimum absolute atomic E-state index is 0.0133. The van der Waals surface area contributed by atoms with Gasteiger partial charge in [0.1, 0.15) is 11.5 Å². The molecule has 1 aliphatic heterocycles. The molecular formula is C32H45N3O7S. The van der Waals surface area contributed by atoms with Crippen LogP contribution in [0.25, 0.3) is 0 Å². The van der Waals surface area contributed by atoms with Gasteiger partial charge in [-0.15, -0.1) is 6.58 Å². The van der Waals surface area contributed by atoms with Gasteiger partial charge in [-0.3, -0.25) is 0 Å². The Labute approximate surface area is 256 Å². The fraction of sp³-hybridized carbons (Fsp3) is 0.531. The van der Waals surface area contributed by atoms with Crippen LogP contribution in [0.2, 0.25) is 0 Å². The van der Waals surface area contributed by atoms with Gasteiger partial charge in [0.05, 0.1) is 38.5 Å². The molecule has 1 heterocycles. The number of hydrogen-bond acceptors (Lipinski definition) is 6. The van der Waals surface area contributed by atoms with E-state index in [1.54, 1.807) is 19.2 Å². The number of benzene rings is 2. The van der Waals surface area contributed by atoms with Crippen molar-refractivity contribution in [3.63, 3.8) is 0 Å². The summed E-state index contributed by atoms with van der Waals surface area (Å²) in [5.74, 6) is 1.95. The van der Waals surface area contributed by atoms with Crippen molar-refractivity contribution in [1.29, 1.82) is 0 Å². The third kappa shape index (κ3) is 8.29. The summed E-state index contributed by atoms with van der Waals surface area (Å²) in [5, 5.41) is 9.99. The summed E-state index contributed by atoms with van der Waals surface area (Å²) in [6, 6.07) is 14.3. The fourth-order valence-corrected chi connectivity index (χ4v) is 7.34. The quantitative estimate of drug-likeness (QED) is 0.232. The third-order valence-corrected chi connectivity index (χ3v) is 10.4. The molecule has 43 heavy (non-hydrogen) atoms. The van der Waals surface area contributed by atoms with Gasteiger partial charge in [0, 0.05) is 27.2 Å². The molecule has 4 rings (SSSR count). The maximum Gasteiger partial charge on any atom is 0.407 e. The average Bonchev–Trinajstić information content (AvgIpc) is 3.43. The van der Waals surface area contributed by atoms with Crippen LogP contribution in [0.15, 0.2) is 61.2 Å². The first-order valence-corrected chi connectivity index (χ1v) is 16.3. The van der Waals surface area contributed by atoms with E-state index < -0.39 is 28.4 Å².